The van der Waals surface area contributed by atoms with Gasteiger partial charge in [-0.3, -0.25) is 5.84 Å². The van der Waals surface area contributed by atoms with E-state index in [2.05, 4.69) is 40.4 Å². The van der Waals surface area contributed by atoms with E-state index in [-0.39, 0.29) is 6.04 Å². The molecule has 0 aliphatic carbocycles. The summed E-state index contributed by atoms with van der Waals surface area (Å²) in [7, 11) is 0. The van der Waals surface area contributed by atoms with Gasteiger partial charge < -0.3 is 0 Å². The smallest absolute Gasteiger partial charge is 0.0724 e. The van der Waals surface area contributed by atoms with Gasteiger partial charge in [-0.1, -0.05) is 51.8 Å². The van der Waals surface area contributed by atoms with E-state index in [1.807, 2.05) is 30.3 Å². The van der Waals surface area contributed by atoms with Crippen molar-refractivity contribution in [3.63, 3.8) is 0 Å². The third-order valence-electron chi connectivity index (χ3n) is 2.94. The van der Waals surface area contributed by atoms with Gasteiger partial charge in [-0.25, -0.2) is 5.43 Å². The number of hydrazine groups is 1. The first-order valence-corrected chi connectivity index (χ1v) is 6.77. The Bertz CT molecular complexity index is 557. The van der Waals surface area contributed by atoms with Crippen LogP contribution >= 0.6 is 27.5 Å². The first kappa shape index (κ1) is 13.6. The standard InChI is InChI=1S/C14H14BrClN2/c1-9-4-2-3-5-11(9)14(18-17)12-8-10(16)6-7-13(12)15/h2-8,14,18H,17H2,1H3. The van der Waals surface area contributed by atoms with Crippen molar-refractivity contribution in [2.75, 3.05) is 0 Å². The lowest BCUT2D eigenvalue weighted by molar-refractivity contribution is 0.631. The number of hydrogen-bond acceptors (Lipinski definition) is 2. The molecule has 2 aromatic rings. The molecular formula is C14H14BrClN2. The minimum atomic E-state index is -0.0840. The maximum Gasteiger partial charge on any atom is 0.0724 e. The predicted octanol–water partition coefficient (Wildman–Crippen LogP) is 3.96. The second-order valence-electron chi connectivity index (χ2n) is 4.12. The van der Waals surface area contributed by atoms with Crippen LogP contribution in [0.25, 0.3) is 0 Å². The highest BCUT2D eigenvalue weighted by atomic mass is 79.9. The van der Waals surface area contributed by atoms with Gasteiger partial charge in [-0.05, 0) is 41.8 Å². The van der Waals surface area contributed by atoms with Crippen LogP contribution < -0.4 is 11.3 Å². The summed E-state index contributed by atoms with van der Waals surface area (Å²) in [5.74, 6) is 5.71. The lowest BCUT2D eigenvalue weighted by atomic mass is 9.95. The molecule has 0 heterocycles. The molecule has 4 heteroatoms. The monoisotopic (exact) mass is 324 g/mol. The maximum absolute atomic E-state index is 6.06. The summed E-state index contributed by atoms with van der Waals surface area (Å²) < 4.78 is 0.984. The summed E-state index contributed by atoms with van der Waals surface area (Å²) in [6.07, 6.45) is 0. The number of aryl methyl sites for hydroxylation is 1. The summed E-state index contributed by atoms with van der Waals surface area (Å²) >= 11 is 9.60. The number of hydrogen-bond donors (Lipinski definition) is 2. The SMILES string of the molecule is Cc1ccccc1C(NN)c1cc(Cl)ccc1Br. The van der Waals surface area contributed by atoms with E-state index in [4.69, 9.17) is 17.4 Å². The van der Waals surface area contributed by atoms with Crippen molar-refractivity contribution in [3.8, 4) is 0 Å². The zero-order valence-electron chi connectivity index (χ0n) is 9.95. The zero-order chi connectivity index (χ0) is 13.1. The number of nitrogens with one attached hydrogen (secondary N) is 1. The van der Waals surface area contributed by atoms with Crippen molar-refractivity contribution < 1.29 is 0 Å². The van der Waals surface area contributed by atoms with E-state index in [0.717, 1.165) is 15.6 Å². The van der Waals surface area contributed by atoms with Crippen molar-refractivity contribution in [2.24, 2.45) is 5.84 Å². The van der Waals surface area contributed by atoms with Crippen LogP contribution in [0, 0.1) is 6.92 Å². The highest BCUT2D eigenvalue weighted by molar-refractivity contribution is 9.10. The molecule has 0 fully saturated rings. The molecule has 0 amide bonds. The van der Waals surface area contributed by atoms with Crippen LogP contribution in [0.15, 0.2) is 46.9 Å². The summed E-state index contributed by atoms with van der Waals surface area (Å²) in [6, 6.07) is 13.8. The van der Waals surface area contributed by atoms with Crippen molar-refractivity contribution in [1.82, 2.24) is 5.43 Å². The second kappa shape index (κ2) is 5.85. The topological polar surface area (TPSA) is 38.0 Å². The predicted molar refractivity (Wildman–Crippen MR) is 79.5 cm³/mol. The first-order chi connectivity index (χ1) is 8.63. The summed E-state index contributed by atoms with van der Waals surface area (Å²) in [4.78, 5) is 0. The van der Waals surface area contributed by atoms with E-state index < -0.39 is 0 Å². The molecule has 0 saturated carbocycles. The number of halogens is 2. The fourth-order valence-corrected chi connectivity index (χ4v) is 2.65. The molecule has 0 aliphatic heterocycles. The molecule has 0 aliphatic rings. The lowest BCUT2D eigenvalue weighted by Gasteiger charge is -2.20. The lowest BCUT2D eigenvalue weighted by Crippen LogP contribution is -2.29. The summed E-state index contributed by atoms with van der Waals surface area (Å²) in [5.41, 5.74) is 6.21. The average molecular weight is 326 g/mol. The Morgan fingerprint density at radius 1 is 1.17 bits per heavy atom. The second-order valence-corrected chi connectivity index (χ2v) is 5.41. The van der Waals surface area contributed by atoms with Gasteiger partial charge >= 0.3 is 0 Å². The molecule has 0 saturated heterocycles. The molecule has 1 unspecified atom stereocenters. The molecule has 1 atom stereocenters. The van der Waals surface area contributed by atoms with Crippen molar-refractivity contribution in [1.29, 1.82) is 0 Å². The fourth-order valence-electron chi connectivity index (χ4n) is 1.99. The number of rotatable bonds is 3. The molecule has 18 heavy (non-hydrogen) atoms. The molecular weight excluding hydrogens is 312 g/mol. The molecule has 2 rings (SSSR count). The quantitative estimate of drug-likeness (QED) is 0.662. The molecule has 0 spiro atoms. The van der Waals surface area contributed by atoms with E-state index in [1.165, 1.54) is 5.56 Å². The minimum absolute atomic E-state index is 0.0840. The number of nitrogens with two attached hydrogens (primary N) is 1. The molecule has 0 aromatic heterocycles. The van der Waals surface area contributed by atoms with Gasteiger partial charge in [0, 0.05) is 9.50 Å². The average Bonchev–Trinajstić information content (AvgIpc) is 2.36. The highest BCUT2D eigenvalue weighted by Gasteiger charge is 2.17. The van der Waals surface area contributed by atoms with Crippen LogP contribution in [0.3, 0.4) is 0 Å². The normalized spacial score (nSPS) is 12.4. The van der Waals surface area contributed by atoms with Gasteiger partial charge in [0.05, 0.1) is 6.04 Å². The van der Waals surface area contributed by atoms with Crippen LogP contribution in [0.2, 0.25) is 5.02 Å². The third kappa shape index (κ3) is 2.75. The van der Waals surface area contributed by atoms with Crippen LogP contribution in [-0.4, -0.2) is 0 Å². The summed E-state index contributed by atoms with van der Waals surface area (Å²) in [5, 5.41) is 0.696. The van der Waals surface area contributed by atoms with E-state index in [9.17, 15) is 0 Å². The Morgan fingerprint density at radius 3 is 2.56 bits per heavy atom. The summed E-state index contributed by atoms with van der Waals surface area (Å²) in [6.45, 7) is 2.07. The van der Waals surface area contributed by atoms with Gasteiger partial charge in [0.15, 0.2) is 0 Å². The van der Waals surface area contributed by atoms with Crippen molar-refractivity contribution in [3.05, 3.63) is 68.7 Å². The molecule has 2 nitrogen and oxygen atoms in total. The Labute approximate surface area is 120 Å². The maximum atomic E-state index is 6.06. The van der Waals surface area contributed by atoms with Crippen LogP contribution in [0.5, 0.6) is 0 Å². The molecule has 0 radical (unpaired) electrons. The van der Waals surface area contributed by atoms with Crippen LogP contribution in [0.1, 0.15) is 22.7 Å². The largest absolute Gasteiger partial charge is 0.271 e. The molecule has 0 bridgehead atoms. The van der Waals surface area contributed by atoms with Gasteiger partial charge in [0.25, 0.3) is 0 Å². The fraction of sp³-hybridized carbons (Fsp3) is 0.143. The Kier molecular flexibility index (Phi) is 4.40. The Balaban J connectivity index is 2.52. The third-order valence-corrected chi connectivity index (χ3v) is 3.89. The van der Waals surface area contributed by atoms with E-state index >= 15 is 0 Å². The molecule has 2 aromatic carbocycles. The van der Waals surface area contributed by atoms with Crippen LogP contribution in [-0.2, 0) is 0 Å². The first-order valence-electron chi connectivity index (χ1n) is 5.60. The van der Waals surface area contributed by atoms with Crippen LogP contribution in [0.4, 0.5) is 0 Å². The van der Waals surface area contributed by atoms with Gasteiger partial charge in [-0.15, -0.1) is 0 Å². The highest BCUT2D eigenvalue weighted by Crippen LogP contribution is 2.31. The van der Waals surface area contributed by atoms with E-state index in [0.29, 0.717) is 5.02 Å². The molecule has 94 valence electrons. The Hall–Kier alpha value is -0.870. The minimum Gasteiger partial charge on any atom is -0.271 e. The van der Waals surface area contributed by atoms with E-state index in [1.54, 1.807) is 0 Å². The number of benzene rings is 2. The van der Waals surface area contributed by atoms with Crippen molar-refractivity contribution in [2.45, 2.75) is 13.0 Å². The zero-order valence-corrected chi connectivity index (χ0v) is 12.3. The van der Waals surface area contributed by atoms with Crippen molar-refractivity contribution >= 4 is 27.5 Å². The van der Waals surface area contributed by atoms with Gasteiger partial charge in [0.2, 0.25) is 0 Å². The Morgan fingerprint density at radius 2 is 1.89 bits per heavy atom. The van der Waals surface area contributed by atoms with Gasteiger partial charge in [-0.2, -0.15) is 0 Å². The van der Waals surface area contributed by atoms with Gasteiger partial charge in [0.1, 0.15) is 0 Å². The molecule has 3 N–H and O–H groups in total.